The van der Waals surface area contributed by atoms with Gasteiger partial charge in [0, 0.05) is 5.02 Å². The first kappa shape index (κ1) is 13.9. The van der Waals surface area contributed by atoms with Gasteiger partial charge in [-0.25, -0.2) is 0 Å². The molecule has 1 aromatic rings. The van der Waals surface area contributed by atoms with Crippen LogP contribution >= 0.6 is 11.6 Å². The predicted octanol–water partition coefficient (Wildman–Crippen LogP) is 4.43. The van der Waals surface area contributed by atoms with Crippen molar-refractivity contribution in [1.82, 2.24) is 0 Å². The first-order valence-corrected chi connectivity index (χ1v) is 7.62. The van der Waals surface area contributed by atoms with E-state index in [0.29, 0.717) is 5.92 Å². The van der Waals surface area contributed by atoms with Crippen LogP contribution in [-0.4, -0.2) is 6.54 Å². The third kappa shape index (κ3) is 4.00. The van der Waals surface area contributed by atoms with Crippen LogP contribution in [0, 0.1) is 11.8 Å². The van der Waals surface area contributed by atoms with Crippen LogP contribution in [-0.2, 0) is 6.42 Å². The van der Waals surface area contributed by atoms with Gasteiger partial charge in [0.15, 0.2) is 0 Å². The van der Waals surface area contributed by atoms with E-state index in [0.717, 1.165) is 23.9 Å². The average Bonchev–Trinajstić information content (AvgIpc) is 2.67. The number of nitrogens with two attached hydrogens (primary N) is 1. The Morgan fingerprint density at radius 2 is 1.67 bits per heavy atom. The normalized spacial score (nSPS) is 19.4. The maximum Gasteiger partial charge on any atom is 0.0406 e. The summed E-state index contributed by atoms with van der Waals surface area (Å²) in [7, 11) is 0. The molecule has 0 aliphatic heterocycles. The predicted molar refractivity (Wildman–Crippen MR) is 78.9 cm³/mol. The molecule has 1 nitrogen and oxygen atoms in total. The van der Waals surface area contributed by atoms with E-state index in [1.807, 2.05) is 12.1 Å². The molecule has 0 bridgehead atoms. The minimum atomic E-state index is 0.643. The summed E-state index contributed by atoms with van der Waals surface area (Å²) in [5.74, 6) is 1.47. The second-order valence-corrected chi connectivity index (χ2v) is 6.01. The van der Waals surface area contributed by atoms with Crippen molar-refractivity contribution in [2.24, 2.45) is 17.6 Å². The molecule has 0 aromatic heterocycles. The lowest BCUT2D eigenvalue weighted by Crippen LogP contribution is -2.25. The largest absolute Gasteiger partial charge is 0.330 e. The quantitative estimate of drug-likeness (QED) is 0.801. The van der Waals surface area contributed by atoms with Gasteiger partial charge in [0.1, 0.15) is 0 Å². The minimum absolute atomic E-state index is 0.643. The Morgan fingerprint density at radius 1 is 1.06 bits per heavy atom. The third-order valence-electron chi connectivity index (χ3n) is 4.28. The van der Waals surface area contributed by atoms with Gasteiger partial charge in [0.05, 0.1) is 0 Å². The van der Waals surface area contributed by atoms with Crippen LogP contribution in [0.4, 0.5) is 0 Å². The van der Waals surface area contributed by atoms with Crippen molar-refractivity contribution in [2.75, 3.05) is 6.54 Å². The molecule has 1 fully saturated rings. The zero-order valence-corrected chi connectivity index (χ0v) is 11.8. The first-order valence-electron chi connectivity index (χ1n) is 7.24. The Hall–Kier alpha value is -0.530. The fourth-order valence-corrected chi connectivity index (χ4v) is 3.27. The van der Waals surface area contributed by atoms with Crippen LogP contribution in [0.5, 0.6) is 0 Å². The van der Waals surface area contributed by atoms with E-state index in [-0.39, 0.29) is 0 Å². The molecule has 100 valence electrons. The molecular formula is C16H24ClN. The van der Waals surface area contributed by atoms with Crippen LogP contribution < -0.4 is 5.73 Å². The summed E-state index contributed by atoms with van der Waals surface area (Å²) in [6.07, 6.45) is 9.45. The molecule has 1 unspecified atom stereocenters. The Morgan fingerprint density at radius 3 is 2.22 bits per heavy atom. The Bertz CT molecular complexity index is 339. The second kappa shape index (κ2) is 7.16. The fraction of sp³-hybridized carbons (Fsp3) is 0.625. The van der Waals surface area contributed by atoms with Crippen molar-refractivity contribution in [3.8, 4) is 0 Å². The van der Waals surface area contributed by atoms with Gasteiger partial charge >= 0.3 is 0 Å². The molecule has 0 amide bonds. The van der Waals surface area contributed by atoms with Crippen LogP contribution in [0.15, 0.2) is 24.3 Å². The number of hydrogen-bond donors (Lipinski definition) is 1. The molecular weight excluding hydrogens is 242 g/mol. The first-order chi connectivity index (χ1) is 8.79. The summed E-state index contributed by atoms with van der Waals surface area (Å²) in [5.41, 5.74) is 7.38. The van der Waals surface area contributed by atoms with E-state index in [2.05, 4.69) is 12.1 Å². The standard InChI is InChI=1S/C16H24ClN/c17-16-9-7-13(8-10-16)11-15(12-18)14-5-3-1-2-4-6-14/h7-10,14-15H,1-6,11-12,18H2. The van der Waals surface area contributed by atoms with Crippen LogP contribution in [0.3, 0.4) is 0 Å². The van der Waals surface area contributed by atoms with Gasteiger partial charge in [-0.1, -0.05) is 62.3 Å². The van der Waals surface area contributed by atoms with Gasteiger partial charge < -0.3 is 5.73 Å². The van der Waals surface area contributed by atoms with E-state index < -0.39 is 0 Å². The van der Waals surface area contributed by atoms with E-state index in [1.54, 1.807) is 0 Å². The smallest absolute Gasteiger partial charge is 0.0406 e. The van der Waals surface area contributed by atoms with Crippen molar-refractivity contribution >= 4 is 11.6 Å². The Labute approximate surface area is 116 Å². The lowest BCUT2D eigenvalue weighted by atomic mass is 9.82. The van der Waals surface area contributed by atoms with Crippen molar-refractivity contribution in [1.29, 1.82) is 0 Å². The van der Waals surface area contributed by atoms with Crippen molar-refractivity contribution in [3.63, 3.8) is 0 Å². The van der Waals surface area contributed by atoms with Crippen molar-refractivity contribution < 1.29 is 0 Å². The number of halogens is 1. The van der Waals surface area contributed by atoms with Gasteiger partial charge in [-0.3, -0.25) is 0 Å². The van der Waals surface area contributed by atoms with E-state index in [1.165, 1.54) is 44.1 Å². The maximum absolute atomic E-state index is 6.01. The van der Waals surface area contributed by atoms with Crippen LogP contribution in [0.2, 0.25) is 5.02 Å². The van der Waals surface area contributed by atoms with Crippen LogP contribution in [0.25, 0.3) is 0 Å². The molecule has 1 aliphatic rings. The molecule has 2 N–H and O–H groups in total. The zero-order valence-electron chi connectivity index (χ0n) is 11.1. The zero-order chi connectivity index (χ0) is 12.8. The molecule has 0 saturated heterocycles. The summed E-state index contributed by atoms with van der Waals surface area (Å²) < 4.78 is 0. The summed E-state index contributed by atoms with van der Waals surface area (Å²) in [4.78, 5) is 0. The van der Waals surface area contributed by atoms with Gasteiger partial charge in [-0.15, -0.1) is 0 Å². The molecule has 1 aromatic carbocycles. The molecule has 0 heterocycles. The number of rotatable bonds is 4. The highest BCUT2D eigenvalue weighted by atomic mass is 35.5. The van der Waals surface area contributed by atoms with E-state index in [9.17, 15) is 0 Å². The Kier molecular flexibility index (Phi) is 5.52. The maximum atomic E-state index is 6.01. The number of benzene rings is 1. The van der Waals surface area contributed by atoms with Crippen molar-refractivity contribution in [3.05, 3.63) is 34.9 Å². The van der Waals surface area contributed by atoms with Crippen LogP contribution in [0.1, 0.15) is 44.1 Å². The molecule has 18 heavy (non-hydrogen) atoms. The van der Waals surface area contributed by atoms with Gasteiger partial charge in [0.25, 0.3) is 0 Å². The lowest BCUT2D eigenvalue weighted by molar-refractivity contribution is 0.302. The number of hydrogen-bond acceptors (Lipinski definition) is 1. The van der Waals surface area contributed by atoms with E-state index >= 15 is 0 Å². The molecule has 2 heteroatoms. The van der Waals surface area contributed by atoms with Gasteiger partial charge in [-0.05, 0) is 42.5 Å². The Balaban J connectivity index is 1.97. The molecule has 2 rings (SSSR count). The minimum Gasteiger partial charge on any atom is -0.330 e. The molecule has 1 aliphatic carbocycles. The summed E-state index contributed by atoms with van der Waals surface area (Å²) >= 11 is 5.93. The SMILES string of the molecule is NCC(Cc1ccc(Cl)cc1)C1CCCCCC1. The second-order valence-electron chi connectivity index (χ2n) is 5.58. The monoisotopic (exact) mass is 265 g/mol. The summed E-state index contributed by atoms with van der Waals surface area (Å²) in [6, 6.07) is 8.25. The molecule has 1 atom stereocenters. The molecule has 0 spiro atoms. The van der Waals surface area contributed by atoms with E-state index in [4.69, 9.17) is 17.3 Å². The highest BCUT2D eigenvalue weighted by Crippen LogP contribution is 2.30. The fourth-order valence-electron chi connectivity index (χ4n) is 3.15. The average molecular weight is 266 g/mol. The topological polar surface area (TPSA) is 26.0 Å². The summed E-state index contributed by atoms with van der Waals surface area (Å²) in [6.45, 7) is 0.813. The highest BCUT2D eigenvalue weighted by Gasteiger charge is 2.21. The van der Waals surface area contributed by atoms with Crippen molar-refractivity contribution in [2.45, 2.75) is 44.9 Å². The van der Waals surface area contributed by atoms with Gasteiger partial charge in [0.2, 0.25) is 0 Å². The highest BCUT2D eigenvalue weighted by molar-refractivity contribution is 6.30. The third-order valence-corrected chi connectivity index (χ3v) is 4.53. The summed E-state index contributed by atoms with van der Waals surface area (Å²) in [5, 5.41) is 0.817. The van der Waals surface area contributed by atoms with Gasteiger partial charge in [-0.2, -0.15) is 0 Å². The lowest BCUT2D eigenvalue weighted by Gasteiger charge is -2.25. The molecule has 0 radical (unpaired) electrons. The molecule has 1 saturated carbocycles.